The summed E-state index contributed by atoms with van der Waals surface area (Å²) in [7, 11) is -1.45. The zero-order chi connectivity index (χ0) is 27.5. The van der Waals surface area contributed by atoms with Gasteiger partial charge >= 0.3 is 0 Å². The summed E-state index contributed by atoms with van der Waals surface area (Å²) in [6, 6.07) is 13.7. The third-order valence-electron chi connectivity index (χ3n) is 7.35. The molecule has 210 valence electrons. The van der Waals surface area contributed by atoms with Crippen LogP contribution in [0.1, 0.15) is 37.7 Å². The first-order chi connectivity index (χ1) is 18.7. The lowest BCUT2D eigenvalue weighted by Gasteiger charge is -2.32. The molecule has 39 heavy (non-hydrogen) atoms. The van der Waals surface area contributed by atoms with Crippen LogP contribution in [0.4, 0.5) is 20.5 Å². The SMILES string of the molecule is COc1cc2c(NC3CCS(=O)(=O)CC3)nc(N3CCC(F)(F)CC3)nc2cc1OCCCc1ccccc1. The Bertz CT molecular complexity index is 1380. The summed E-state index contributed by atoms with van der Waals surface area (Å²) in [5.74, 6) is -0.475. The molecule has 2 saturated heterocycles. The zero-order valence-corrected chi connectivity index (χ0v) is 22.9. The maximum absolute atomic E-state index is 13.8. The van der Waals surface area contributed by atoms with E-state index in [-0.39, 0.29) is 43.5 Å². The minimum Gasteiger partial charge on any atom is -0.493 e. The molecule has 0 bridgehead atoms. The van der Waals surface area contributed by atoms with Crippen molar-refractivity contribution in [2.24, 2.45) is 0 Å². The topological polar surface area (TPSA) is 93.6 Å². The number of aromatic nitrogens is 2. The molecular weight excluding hydrogens is 526 g/mol. The molecule has 0 spiro atoms. The highest BCUT2D eigenvalue weighted by atomic mass is 32.2. The van der Waals surface area contributed by atoms with Gasteiger partial charge < -0.3 is 19.7 Å². The van der Waals surface area contributed by atoms with Crippen LogP contribution in [0.5, 0.6) is 11.5 Å². The summed E-state index contributed by atoms with van der Waals surface area (Å²) in [5, 5.41) is 4.11. The predicted molar refractivity (Wildman–Crippen MR) is 148 cm³/mol. The van der Waals surface area contributed by atoms with Crippen LogP contribution >= 0.6 is 0 Å². The fourth-order valence-corrected chi connectivity index (χ4v) is 6.50. The molecular formula is C28H34F2N4O4S. The van der Waals surface area contributed by atoms with Gasteiger partial charge in [-0.15, -0.1) is 0 Å². The minimum atomic E-state index is -3.02. The van der Waals surface area contributed by atoms with Gasteiger partial charge in [0.15, 0.2) is 11.5 Å². The summed E-state index contributed by atoms with van der Waals surface area (Å²) in [6.45, 7) is 0.787. The molecule has 2 aliphatic rings. The van der Waals surface area contributed by atoms with E-state index in [1.807, 2.05) is 24.3 Å². The van der Waals surface area contributed by atoms with E-state index < -0.39 is 15.8 Å². The number of fused-ring (bicyclic) bond motifs is 1. The van der Waals surface area contributed by atoms with Crippen molar-refractivity contribution in [3.8, 4) is 11.5 Å². The van der Waals surface area contributed by atoms with Gasteiger partial charge in [0.05, 0.1) is 30.7 Å². The molecule has 3 heterocycles. The number of nitrogens with one attached hydrogen (secondary N) is 1. The Morgan fingerprint density at radius 3 is 2.46 bits per heavy atom. The lowest BCUT2D eigenvalue weighted by molar-refractivity contribution is -0.0222. The van der Waals surface area contributed by atoms with Crippen molar-refractivity contribution in [3.05, 3.63) is 48.0 Å². The number of ether oxygens (including phenoxy) is 2. The van der Waals surface area contributed by atoms with Crippen LogP contribution in [0.3, 0.4) is 0 Å². The Balaban J connectivity index is 1.41. The number of piperidine rings is 1. The molecule has 2 fully saturated rings. The zero-order valence-electron chi connectivity index (χ0n) is 22.0. The first-order valence-corrected chi connectivity index (χ1v) is 15.2. The molecule has 0 saturated carbocycles. The maximum atomic E-state index is 13.8. The second-order valence-corrected chi connectivity index (χ2v) is 12.5. The average Bonchev–Trinajstić information content (AvgIpc) is 2.92. The number of benzene rings is 2. The molecule has 1 aromatic heterocycles. The van der Waals surface area contributed by atoms with Crippen LogP contribution in [-0.4, -0.2) is 68.7 Å². The predicted octanol–water partition coefficient (Wildman–Crippen LogP) is 4.87. The highest BCUT2D eigenvalue weighted by molar-refractivity contribution is 7.91. The van der Waals surface area contributed by atoms with Gasteiger partial charge in [-0.3, -0.25) is 0 Å². The molecule has 1 N–H and O–H groups in total. The van der Waals surface area contributed by atoms with E-state index in [1.54, 1.807) is 18.1 Å². The van der Waals surface area contributed by atoms with Gasteiger partial charge in [0.25, 0.3) is 5.92 Å². The maximum Gasteiger partial charge on any atom is 0.251 e. The lowest BCUT2D eigenvalue weighted by atomic mass is 10.1. The number of methoxy groups -OCH3 is 1. The van der Waals surface area contributed by atoms with Gasteiger partial charge in [-0.25, -0.2) is 22.2 Å². The van der Waals surface area contributed by atoms with Crippen LogP contribution in [0.25, 0.3) is 10.9 Å². The molecule has 0 amide bonds. The summed E-state index contributed by atoms with van der Waals surface area (Å²) in [6.07, 6.45) is 2.14. The number of nitrogens with zero attached hydrogens (tertiary/aromatic N) is 3. The minimum absolute atomic E-state index is 0.0786. The van der Waals surface area contributed by atoms with Gasteiger partial charge in [0.1, 0.15) is 15.7 Å². The van der Waals surface area contributed by atoms with Gasteiger partial charge in [0, 0.05) is 43.4 Å². The number of alkyl halides is 2. The van der Waals surface area contributed by atoms with Crippen LogP contribution in [0.2, 0.25) is 0 Å². The Hall–Kier alpha value is -3.21. The number of aryl methyl sites for hydroxylation is 1. The molecule has 0 radical (unpaired) electrons. The van der Waals surface area contributed by atoms with Crippen molar-refractivity contribution < 1.29 is 26.7 Å². The van der Waals surface area contributed by atoms with Crippen molar-refractivity contribution >= 4 is 32.5 Å². The van der Waals surface area contributed by atoms with Crippen molar-refractivity contribution in [1.82, 2.24) is 9.97 Å². The van der Waals surface area contributed by atoms with Crippen molar-refractivity contribution in [2.75, 3.05) is 48.5 Å². The smallest absolute Gasteiger partial charge is 0.251 e. The summed E-state index contributed by atoms with van der Waals surface area (Å²) in [4.78, 5) is 11.2. The van der Waals surface area contributed by atoms with Crippen molar-refractivity contribution in [2.45, 2.75) is 50.5 Å². The van der Waals surface area contributed by atoms with Crippen LogP contribution in [-0.2, 0) is 16.3 Å². The highest BCUT2D eigenvalue weighted by Gasteiger charge is 2.35. The molecule has 0 aliphatic carbocycles. The van der Waals surface area contributed by atoms with E-state index in [0.29, 0.717) is 53.6 Å². The number of anilines is 2. The standard InChI is InChI=1S/C28H34F2N4O4S/c1-37-24-18-22-23(19-25(24)38-15-5-8-20-6-3-2-4-7-20)32-27(34-13-11-28(29,30)12-14-34)33-26(22)31-21-9-16-39(35,36)17-10-21/h2-4,6-7,18-19,21H,5,8-17H2,1H3,(H,31,32,33). The van der Waals surface area contributed by atoms with Gasteiger partial charge in [-0.1, -0.05) is 30.3 Å². The number of hydrogen-bond donors (Lipinski definition) is 1. The lowest BCUT2D eigenvalue weighted by Crippen LogP contribution is -2.40. The van der Waals surface area contributed by atoms with Crippen molar-refractivity contribution in [3.63, 3.8) is 0 Å². The first kappa shape index (κ1) is 27.4. The fraction of sp³-hybridized carbons (Fsp3) is 0.500. The van der Waals surface area contributed by atoms with E-state index in [4.69, 9.17) is 19.4 Å². The third kappa shape index (κ3) is 6.87. The Kier molecular flexibility index (Phi) is 8.06. The number of hydrogen-bond acceptors (Lipinski definition) is 8. The summed E-state index contributed by atoms with van der Waals surface area (Å²) in [5.41, 5.74) is 1.84. The third-order valence-corrected chi connectivity index (χ3v) is 9.07. The molecule has 3 aromatic rings. The molecule has 0 atom stereocenters. The molecule has 0 unspecified atom stereocenters. The summed E-state index contributed by atoms with van der Waals surface area (Å²) >= 11 is 0. The Morgan fingerprint density at radius 2 is 1.77 bits per heavy atom. The largest absolute Gasteiger partial charge is 0.493 e. The van der Waals surface area contributed by atoms with Gasteiger partial charge in [-0.2, -0.15) is 4.98 Å². The van der Waals surface area contributed by atoms with E-state index in [2.05, 4.69) is 17.4 Å². The quantitative estimate of drug-likeness (QED) is 0.371. The monoisotopic (exact) mass is 560 g/mol. The normalized spacial score (nSPS) is 19.1. The number of rotatable bonds is 9. The second-order valence-electron chi connectivity index (χ2n) is 10.2. The van der Waals surface area contributed by atoms with Gasteiger partial charge in [-0.05, 0) is 37.3 Å². The van der Waals surface area contributed by atoms with Crippen LogP contribution < -0.4 is 19.7 Å². The van der Waals surface area contributed by atoms with Crippen LogP contribution in [0, 0.1) is 0 Å². The molecule has 11 heteroatoms. The van der Waals surface area contributed by atoms with E-state index in [0.717, 1.165) is 12.8 Å². The fourth-order valence-electron chi connectivity index (χ4n) is 5.01. The second kappa shape index (κ2) is 11.5. The Morgan fingerprint density at radius 1 is 1.05 bits per heavy atom. The van der Waals surface area contributed by atoms with Gasteiger partial charge in [0.2, 0.25) is 5.95 Å². The molecule has 8 nitrogen and oxygen atoms in total. The molecule has 2 aromatic carbocycles. The highest BCUT2D eigenvalue weighted by Crippen LogP contribution is 2.37. The molecule has 2 aliphatic heterocycles. The first-order valence-electron chi connectivity index (χ1n) is 13.4. The average molecular weight is 561 g/mol. The van der Waals surface area contributed by atoms with E-state index in [9.17, 15) is 17.2 Å². The van der Waals surface area contributed by atoms with E-state index >= 15 is 0 Å². The number of halogens is 2. The summed E-state index contributed by atoms with van der Waals surface area (Å²) < 4.78 is 63.3. The van der Waals surface area contributed by atoms with Crippen molar-refractivity contribution in [1.29, 1.82) is 0 Å². The number of sulfone groups is 1. The van der Waals surface area contributed by atoms with Crippen LogP contribution in [0.15, 0.2) is 42.5 Å². The van der Waals surface area contributed by atoms with E-state index in [1.165, 1.54) is 5.56 Å². The molecule has 5 rings (SSSR count). The Labute approximate surface area is 227 Å².